The Balaban J connectivity index is 2.04. The van der Waals surface area contributed by atoms with E-state index in [0.29, 0.717) is 18.0 Å². The summed E-state index contributed by atoms with van der Waals surface area (Å²) in [5, 5.41) is 3.25. The molecule has 0 aliphatic carbocycles. The highest BCUT2D eigenvalue weighted by Crippen LogP contribution is 2.23. The van der Waals surface area contributed by atoms with Gasteiger partial charge in [-0.2, -0.15) is 0 Å². The fraction of sp³-hybridized carbons (Fsp3) is 0.333. The quantitative estimate of drug-likeness (QED) is 0.668. The number of aryl methyl sites for hydroxylation is 1. The third-order valence-corrected chi connectivity index (χ3v) is 5.05. The molecule has 2 N–H and O–H groups in total. The highest BCUT2D eigenvalue weighted by Gasteiger charge is 2.15. The maximum absolute atomic E-state index is 12.5. The predicted molar refractivity (Wildman–Crippen MR) is 100.0 cm³/mol. The van der Waals surface area contributed by atoms with Crippen LogP contribution in [0.5, 0.6) is 5.75 Å². The number of sulfonamides is 1. The molecule has 0 atom stereocenters. The first kappa shape index (κ1) is 19.1. The van der Waals surface area contributed by atoms with Crippen molar-refractivity contribution < 1.29 is 17.9 Å². The van der Waals surface area contributed by atoms with Crippen molar-refractivity contribution in [1.29, 1.82) is 0 Å². The molecular formula is C18H24N2O4S. The summed E-state index contributed by atoms with van der Waals surface area (Å²) in [6, 6.07) is 11.9. The molecule has 0 heterocycles. The summed E-state index contributed by atoms with van der Waals surface area (Å²) < 4.78 is 37.7. The van der Waals surface area contributed by atoms with E-state index >= 15 is 0 Å². The molecule has 0 aromatic heterocycles. The topological polar surface area (TPSA) is 76.7 Å². The van der Waals surface area contributed by atoms with Gasteiger partial charge in [-0.25, -0.2) is 8.42 Å². The largest absolute Gasteiger partial charge is 0.496 e. The Labute approximate surface area is 149 Å². The summed E-state index contributed by atoms with van der Waals surface area (Å²) in [6.45, 7) is 3.30. The first-order chi connectivity index (χ1) is 12.0. The van der Waals surface area contributed by atoms with E-state index < -0.39 is 10.0 Å². The van der Waals surface area contributed by atoms with Crippen LogP contribution in [-0.4, -0.2) is 35.8 Å². The van der Waals surface area contributed by atoms with Gasteiger partial charge in [-0.05, 0) is 61.4 Å². The lowest BCUT2D eigenvalue weighted by molar-refractivity contribution is 0.198. The third-order valence-electron chi connectivity index (χ3n) is 3.67. The molecule has 0 saturated heterocycles. The number of anilines is 2. The molecule has 0 aliphatic heterocycles. The summed E-state index contributed by atoms with van der Waals surface area (Å²) >= 11 is 0. The Morgan fingerprint density at radius 3 is 2.28 bits per heavy atom. The van der Waals surface area contributed by atoms with Gasteiger partial charge in [0.2, 0.25) is 0 Å². The number of ether oxygens (including phenoxy) is 2. The highest BCUT2D eigenvalue weighted by molar-refractivity contribution is 7.92. The summed E-state index contributed by atoms with van der Waals surface area (Å²) in [5.74, 6) is 0.655. The van der Waals surface area contributed by atoms with Gasteiger partial charge < -0.3 is 14.8 Å². The van der Waals surface area contributed by atoms with E-state index in [-0.39, 0.29) is 4.90 Å². The average Bonchev–Trinajstić information content (AvgIpc) is 2.60. The van der Waals surface area contributed by atoms with Gasteiger partial charge in [0.1, 0.15) is 5.75 Å². The Morgan fingerprint density at radius 1 is 1.00 bits per heavy atom. The first-order valence-electron chi connectivity index (χ1n) is 7.96. The van der Waals surface area contributed by atoms with Crippen LogP contribution in [0.25, 0.3) is 0 Å². The number of benzene rings is 2. The van der Waals surface area contributed by atoms with E-state index in [1.54, 1.807) is 38.5 Å². The second kappa shape index (κ2) is 8.73. The minimum absolute atomic E-state index is 0.201. The molecular weight excluding hydrogens is 340 g/mol. The molecule has 0 saturated carbocycles. The van der Waals surface area contributed by atoms with Crippen molar-refractivity contribution in [3.8, 4) is 5.75 Å². The zero-order valence-electron chi connectivity index (χ0n) is 14.7. The number of nitrogens with one attached hydrogen (secondary N) is 2. The second-order valence-electron chi connectivity index (χ2n) is 5.59. The molecule has 136 valence electrons. The lowest BCUT2D eigenvalue weighted by atomic mass is 10.2. The van der Waals surface area contributed by atoms with Gasteiger partial charge in [-0.3, -0.25) is 4.72 Å². The van der Waals surface area contributed by atoms with Crippen LogP contribution in [0.1, 0.15) is 12.0 Å². The Kier molecular flexibility index (Phi) is 6.66. The van der Waals surface area contributed by atoms with Crippen LogP contribution >= 0.6 is 0 Å². The van der Waals surface area contributed by atoms with Crippen molar-refractivity contribution in [2.75, 3.05) is 37.4 Å². The first-order valence-corrected chi connectivity index (χ1v) is 9.45. The minimum atomic E-state index is -3.64. The number of methoxy groups -OCH3 is 2. The van der Waals surface area contributed by atoms with Gasteiger partial charge >= 0.3 is 0 Å². The summed E-state index contributed by atoms with van der Waals surface area (Å²) in [4.78, 5) is 0.201. The smallest absolute Gasteiger partial charge is 0.261 e. The van der Waals surface area contributed by atoms with E-state index in [1.165, 1.54) is 6.07 Å². The standard InChI is InChI=1S/C18H24N2O4S/c1-14-13-17(9-10-18(14)24-3)25(21,22)20-16-7-5-15(6-8-16)19-11-4-12-23-2/h5-10,13,19-20H,4,11-12H2,1-3H3. The van der Waals surface area contributed by atoms with Gasteiger partial charge in [-0.1, -0.05) is 0 Å². The Hall–Kier alpha value is -2.25. The summed E-state index contributed by atoms with van der Waals surface area (Å²) in [5.41, 5.74) is 2.20. The van der Waals surface area contributed by atoms with Crippen molar-refractivity contribution in [2.45, 2.75) is 18.2 Å². The van der Waals surface area contributed by atoms with Crippen LogP contribution in [0.3, 0.4) is 0 Å². The van der Waals surface area contributed by atoms with Crippen molar-refractivity contribution in [1.82, 2.24) is 0 Å². The molecule has 0 fully saturated rings. The van der Waals surface area contributed by atoms with Gasteiger partial charge in [0, 0.05) is 31.6 Å². The van der Waals surface area contributed by atoms with E-state index in [4.69, 9.17) is 9.47 Å². The predicted octanol–water partition coefficient (Wildman–Crippen LogP) is 3.25. The van der Waals surface area contributed by atoms with Crippen LogP contribution < -0.4 is 14.8 Å². The molecule has 0 unspecified atom stereocenters. The van der Waals surface area contributed by atoms with Crippen molar-refractivity contribution >= 4 is 21.4 Å². The summed E-state index contributed by atoms with van der Waals surface area (Å²) in [7, 11) is -0.413. The van der Waals surface area contributed by atoms with Gasteiger partial charge in [0.15, 0.2) is 0 Å². The van der Waals surface area contributed by atoms with E-state index in [0.717, 1.165) is 24.2 Å². The molecule has 0 spiro atoms. The highest BCUT2D eigenvalue weighted by atomic mass is 32.2. The number of hydrogen-bond acceptors (Lipinski definition) is 5. The number of hydrogen-bond donors (Lipinski definition) is 2. The zero-order chi connectivity index (χ0) is 18.3. The molecule has 0 bridgehead atoms. The normalized spacial score (nSPS) is 11.2. The van der Waals surface area contributed by atoms with Crippen molar-refractivity contribution in [3.05, 3.63) is 48.0 Å². The molecule has 0 radical (unpaired) electrons. The second-order valence-corrected chi connectivity index (χ2v) is 7.27. The minimum Gasteiger partial charge on any atom is -0.496 e. The monoisotopic (exact) mass is 364 g/mol. The molecule has 2 aromatic rings. The molecule has 6 nitrogen and oxygen atoms in total. The third kappa shape index (κ3) is 5.37. The Bertz CT molecular complexity index is 789. The Morgan fingerprint density at radius 2 is 1.68 bits per heavy atom. The fourth-order valence-corrected chi connectivity index (χ4v) is 3.48. The molecule has 2 aromatic carbocycles. The average molecular weight is 364 g/mol. The van der Waals surface area contributed by atoms with Crippen LogP contribution in [0.2, 0.25) is 0 Å². The van der Waals surface area contributed by atoms with Crippen LogP contribution in [-0.2, 0) is 14.8 Å². The van der Waals surface area contributed by atoms with Crippen LogP contribution in [0.4, 0.5) is 11.4 Å². The lowest BCUT2D eigenvalue weighted by Crippen LogP contribution is -2.13. The zero-order valence-corrected chi connectivity index (χ0v) is 15.5. The van der Waals surface area contributed by atoms with Gasteiger partial charge in [0.25, 0.3) is 10.0 Å². The molecule has 0 amide bonds. The van der Waals surface area contributed by atoms with Gasteiger partial charge in [0.05, 0.1) is 12.0 Å². The molecule has 0 aliphatic rings. The van der Waals surface area contributed by atoms with Crippen LogP contribution in [0, 0.1) is 6.92 Å². The maximum atomic E-state index is 12.5. The van der Waals surface area contributed by atoms with Crippen molar-refractivity contribution in [3.63, 3.8) is 0 Å². The van der Waals surface area contributed by atoms with E-state index in [1.807, 2.05) is 19.1 Å². The van der Waals surface area contributed by atoms with E-state index in [9.17, 15) is 8.42 Å². The molecule has 7 heteroatoms. The maximum Gasteiger partial charge on any atom is 0.261 e. The molecule has 25 heavy (non-hydrogen) atoms. The van der Waals surface area contributed by atoms with Crippen molar-refractivity contribution in [2.24, 2.45) is 0 Å². The molecule has 2 rings (SSSR count). The fourth-order valence-electron chi connectivity index (χ4n) is 2.34. The summed E-state index contributed by atoms with van der Waals surface area (Å²) in [6.07, 6.45) is 0.904. The van der Waals surface area contributed by atoms with Crippen LogP contribution in [0.15, 0.2) is 47.4 Å². The van der Waals surface area contributed by atoms with E-state index in [2.05, 4.69) is 10.0 Å². The van der Waals surface area contributed by atoms with Gasteiger partial charge in [-0.15, -0.1) is 0 Å². The number of rotatable bonds is 9. The lowest BCUT2D eigenvalue weighted by Gasteiger charge is -2.11. The SMILES string of the molecule is COCCCNc1ccc(NS(=O)(=O)c2ccc(OC)c(C)c2)cc1.